The van der Waals surface area contributed by atoms with Crippen LogP contribution in [0.1, 0.15) is 32.6 Å². The smallest absolute Gasteiger partial charge is 0.223 e. The molecule has 0 atom stereocenters. The van der Waals surface area contributed by atoms with Crippen LogP contribution in [0.25, 0.3) is 0 Å². The molecular formula is C10H15NO2. The van der Waals surface area contributed by atoms with Gasteiger partial charge in [0.1, 0.15) is 5.78 Å². The van der Waals surface area contributed by atoms with E-state index in [0.717, 1.165) is 13.0 Å². The van der Waals surface area contributed by atoms with Gasteiger partial charge in [-0.2, -0.15) is 0 Å². The van der Waals surface area contributed by atoms with E-state index >= 15 is 0 Å². The van der Waals surface area contributed by atoms with Gasteiger partial charge in [-0.05, 0) is 31.6 Å². The Bertz CT molecular complexity index is 256. The largest absolute Gasteiger partial charge is 0.335 e. The number of rotatable bonds is 2. The van der Waals surface area contributed by atoms with Crippen LogP contribution in [0.4, 0.5) is 0 Å². The Balaban J connectivity index is 1.93. The Morgan fingerprint density at radius 2 is 2.15 bits per heavy atom. The van der Waals surface area contributed by atoms with E-state index in [9.17, 15) is 9.59 Å². The first kappa shape index (κ1) is 8.73. The summed E-state index contributed by atoms with van der Waals surface area (Å²) in [6, 6.07) is 0. The van der Waals surface area contributed by atoms with Crippen molar-refractivity contribution < 1.29 is 9.59 Å². The summed E-state index contributed by atoms with van der Waals surface area (Å²) in [5.74, 6) is 0.263. The van der Waals surface area contributed by atoms with Crippen LogP contribution in [0, 0.1) is 5.41 Å². The zero-order chi connectivity index (χ0) is 9.47. The fraction of sp³-hybridized carbons (Fsp3) is 0.800. The standard InChI is InChI=1S/C10H15NO2/c1-8(12)7-11-5-4-10(2-3-10)6-9(11)13/h2-7H2,1H3. The third-order valence-corrected chi connectivity index (χ3v) is 3.16. The number of Topliss-reactive ketones (excluding diaryl/α,β-unsaturated/α-hetero) is 1. The average Bonchev–Trinajstić information content (AvgIpc) is 2.76. The second-order valence-corrected chi connectivity index (χ2v) is 4.44. The van der Waals surface area contributed by atoms with Crippen molar-refractivity contribution in [3.05, 3.63) is 0 Å². The highest BCUT2D eigenvalue weighted by Crippen LogP contribution is 2.53. The number of piperidine rings is 1. The number of hydrogen-bond donors (Lipinski definition) is 0. The fourth-order valence-electron chi connectivity index (χ4n) is 2.06. The van der Waals surface area contributed by atoms with Crippen LogP contribution in [0.5, 0.6) is 0 Å². The van der Waals surface area contributed by atoms with Gasteiger partial charge in [0, 0.05) is 13.0 Å². The minimum atomic E-state index is 0.0834. The molecule has 0 radical (unpaired) electrons. The summed E-state index contributed by atoms with van der Waals surface area (Å²) in [7, 11) is 0. The second-order valence-electron chi connectivity index (χ2n) is 4.44. The third kappa shape index (κ3) is 1.74. The van der Waals surface area contributed by atoms with E-state index in [1.54, 1.807) is 4.90 Å². The van der Waals surface area contributed by atoms with E-state index in [2.05, 4.69) is 0 Å². The number of hydrogen-bond acceptors (Lipinski definition) is 2. The van der Waals surface area contributed by atoms with E-state index in [-0.39, 0.29) is 11.7 Å². The van der Waals surface area contributed by atoms with Gasteiger partial charge in [-0.15, -0.1) is 0 Å². The van der Waals surface area contributed by atoms with Gasteiger partial charge in [-0.3, -0.25) is 9.59 Å². The van der Waals surface area contributed by atoms with Gasteiger partial charge in [-0.25, -0.2) is 0 Å². The summed E-state index contributed by atoms with van der Waals surface area (Å²) < 4.78 is 0. The first-order chi connectivity index (χ1) is 6.11. The maximum atomic E-state index is 11.6. The van der Waals surface area contributed by atoms with Crippen LogP contribution in [-0.2, 0) is 9.59 Å². The molecule has 3 heteroatoms. The molecule has 0 unspecified atom stereocenters. The van der Waals surface area contributed by atoms with Gasteiger partial charge in [0.15, 0.2) is 0 Å². The minimum absolute atomic E-state index is 0.0834. The van der Waals surface area contributed by atoms with Gasteiger partial charge < -0.3 is 4.90 Å². The van der Waals surface area contributed by atoms with E-state index < -0.39 is 0 Å². The van der Waals surface area contributed by atoms with Crippen molar-refractivity contribution in [3.63, 3.8) is 0 Å². The number of likely N-dealkylation sites (tertiary alicyclic amines) is 1. The van der Waals surface area contributed by atoms with E-state index in [1.807, 2.05) is 0 Å². The number of amides is 1. The summed E-state index contributed by atoms with van der Waals surface area (Å²) >= 11 is 0. The normalized spacial score (nSPS) is 25.0. The summed E-state index contributed by atoms with van der Waals surface area (Å²) in [4.78, 5) is 24.1. The summed E-state index contributed by atoms with van der Waals surface area (Å²) in [6.45, 7) is 2.64. The summed E-state index contributed by atoms with van der Waals surface area (Å²) in [6.07, 6.45) is 4.21. The highest BCUT2D eigenvalue weighted by Gasteiger charge is 2.47. The molecule has 1 saturated heterocycles. The average molecular weight is 181 g/mol. The lowest BCUT2D eigenvalue weighted by Gasteiger charge is -2.31. The van der Waals surface area contributed by atoms with Gasteiger partial charge in [0.05, 0.1) is 6.54 Å². The van der Waals surface area contributed by atoms with Gasteiger partial charge in [-0.1, -0.05) is 0 Å². The molecule has 13 heavy (non-hydrogen) atoms. The predicted molar refractivity (Wildman–Crippen MR) is 48.2 cm³/mol. The van der Waals surface area contributed by atoms with Crippen molar-refractivity contribution in [2.24, 2.45) is 5.41 Å². The zero-order valence-electron chi connectivity index (χ0n) is 8.01. The molecule has 1 saturated carbocycles. The molecule has 0 aromatic rings. The molecule has 0 N–H and O–H groups in total. The Morgan fingerprint density at radius 3 is 2.62 bits per heavy atom. The molecule has 1 spiro atoms. The molecule has 0 aromatic heterocycles. The first-order valence-electron chi connectivity index (χ1n) is 4.89. The molecule has 2 fully saturated rings. The van der Waals surface area contributed by atoms with E-state index in [0.29, 0.717) is 18.4 Å². The van der Waals surface area contributed by atoms with Crippen molar-refractivity contribution in [3.8, 4) is 0 Å². The SMILES string of the molecule is CC(=O)CN1CCC2(CC2)CC1=O. The van der Waals surface area contributed by atoms with Gasteiger partial charge in [0.25, 0.3) is 0 Å². The molecule has 2 aliphatic rings. The molecule has 1 amide bonds. The zero-order valence-corrected chi connectivity index (χ0v) is 8.01. The maximum absolute atomic E-state index is 11.6. The number of carbonyl (C=O) groups is 2. The molecule has 1 heterocycles. The van der Waals surface area contributed by atoms with Crippen LogP contribution in [0.2, 0.25) is 0 Å². The molecular weight excluding hydrogens is 166 g/mol. The Morgan fingerprint density at radius 1 is 1.46 bits per heavy atom. The molecule has 2 rings (SSSR count). The molecule has 1 aliphatic carbocycles. The molecule has 0 bridgehead atoms. The van der Waals surface area contributed by atoms with Crippen molar-refractivity contribution in [1.82, 2.24) is 4.90 Å². The van der Waals surface area contributed by atoms with Crippen LogP contribution in [-0.4, -0.2) is 29.7 Å². The quantitative estimate of drug-likeness (QED) is 0.636. The van der Waals surface area contributed by atoms with Crippen molar-refractivity contribution in [2.75, 3.05) is 13.1 Å². The number of nitrogens with zero attached hydrogens (tertiary/aromatic N) is 1. The van der Waals surface area contributed by atoms with Crippen molar-refractivity contribution in [2.45, 2.75) is 32.6 Å². The van der Waals surface area contributed by atoms with Crippen molar-refractivity contribution >= 4 is 11.7 Å². The van der Waals surface area contributed by atoms with E-state index in [1.165, 1.54) is 19.8 Å². The first-order valence-corrected chi connectivity index (χ1v) is 4.89. The topological polar surface area (TPSA) is 37.4 Å². The highest BCUT2D eigenvalue weighted by molar-refractivity contribution is 5.85. The number of carbonyl (C=O) groups excluding carboxylic acids is 2. The third-order valence-electron chi connectivity index (χ3n) is 3.16. The monoisotopic (exact) mass is 181 g/mol. The second kappa shape index (κ2) is 2.82. The Hall–Kier alpha value is -0.860. The molecule has 72 valence electrons. The van der Waals surface area contributed by atoms with Gasteiger partial charge in [0.2, 0.25) is 5.91 Å². The maximum Gasteiger partial charge on any atom is 0.223 e. The molecule has 1 aliphatic heterocycles. The van der Waals surface area contributed by atoms with Crippen LogP contribution >= 0.6 is 0 Å². The Kier molecular flexibility index (Phi) is 1.90. The van der Waals surface area contributed by atoms with Crippen LogP contribution in [0.3, 0.4) is 0 Å². The summed E-state index contributed by atoms with van der Waals surface area (Å²) in [5.41, 5.74) is 0.365. The summed E-state index contributed by atoms with van der Waals surface area (Å²) in [5, 5.41) is 0. The lowest BCUT2D eigenvalue weighted by Crippen LogP contribution is -2.41. The van der Waals surface area contributed by atoms with E-state index in [4.69, 9.17) is 0 Å². The predicted octanol–water partition coefficient (Wildman–Crippen LogP) is 0.978. The minimum Gasteiger partial charge on any atom is -0.335 e. The Labute approximate surface area is 78.1 Å². The fourth-order valence-corrected chi connectivity index (χ4v) is 2.06. The molecule has 0 aromatic carbocycles. The van der Waals surface area contributed by atoms with Crippen LogP contribution < -0.4 is 0 Å². The van der Waals surface area contributed by atoms with Crippen molar-refractivity contribution in [1.29, 1.82) is 0 Å². The lowest BCUT2D eigenvalue weighted by atomic mass is 9.93. The van der Waals surface area contributed by atoms with Crippen LogP contribution in [0.15, 0.2) is 0 Å². The molecule has 3 nitrogen and oxygen atoms in total. The highest BCUT2D eigenvalue weighted by atomic mass is 16.2. The van der Waals surface area contributed by atoms with Gasteiger partial charge >= 0.3 is 0 Å². The lowest BCUT2D eigenvalue weighted by molar-refractivity contribution is -0.138. The number of ketones is 1.